The molecule has 0 spiro atoms. The minimum Gasteiger partial charge on any atom is -0.495 e. The van der Waals surface area contributed by atoms with Gasteiger partial charge < -0.3 is 14.4 Å². The monoisotopic (exact) mass is 385 g/mol. The van der Waals surface area contributed by atoms with Gasteiger partial charge in [-0.15, -0.1) is 0 Å². The fourth-order valence-corrected chi connectivity index (χ4v) is 3.89. The summed E-state index contributed by atoms with van der Waals surface area (Å²) in [6.07, 6.45) is 0. The number of amides is 1. The summed E-state index contributed by atoms with van der Waals surface area (Å²) in [5, 5.41) is 3.38. The van der Waals surface area contributed by atoms with Crippen molar-refractivity contribution in [1.29, 1.82) is 0 Å². The molecule has 0 unspecified atom stereocenters. The third-order valence-corrected chi connectivity index (χ3v) is 5.37. The maximum Gasteiger partial charge on any atom is 0.257 e. The van der Waals surface area contributed by atoms with Crippen molar-refractivity contribution in [2.75, 3.05) is 37.5 Å². The molecule has 1 N–H and O–H groups in total. The van der Waals surface area contributed by atoms with Crippen molar-refractivity contribution in [3.63, 3.8) is 0 Å². The summed E-state index contributed by atoms with van der Waals surface area (Å²) in [5.41, 5.74) is 2.36. The van der Waals surface area contributed by atoms with E-state index >= 15 is 0 Å². The smallest absolute Gasteiger partial charge is 0.257 e. The summed E-state index contributed by atoms with van der Waals surface area (Å²) in [6, 6.07) is 11.2. The second-order valence-electron chi connectivity index (χ2n) is 5.84. The van der Waals surface area contributed by atoms with E-state index in [-0.39, 0.29) is 5.91 Å². The molecule has 3 rings (SSSR count). The fourth-order valence-electron chi connectivity index (χ4n) is 2.92. The molecule has 1 aromatic heterocycles. The SMILES string of the molecule is CCN(CC)c1ccc(C(=O)Nc2nc3c(OC)ccc(OC)c3s2)cc1. The van der Waals surface area contributed by atoms with Gasteiger partial charge in [-0.1, -0.05) is 11.3 Å². The average molecular weight is 385 g/mol. The van der Waals surface area contributed by atoms with Gasteiger partial charge in [0.25, 0.3) is 5.91 Å². The lowest BCUT2D eigenvalue weighted by molar-refractivity contribution is 0.102. The van der Waals surface area contributed by atoms with Crippen molar-refractivity contribution < 1.29 is 14.3 Å². The Kier molecular flexibility index (Phi) is 5.81. The lowest BCUT2D eigenvalue weighted by Gasteiger charge is -2.20. The lowest BCUT2D eigenvalue weighted by Crippen LogP contribution is -2.21. The molecule has 0 aliphatic carbocycles. The Hall–Kier alpha value is -2.80. The predicted octanol–water partition coefficient (Wildman–Crippen LogP) is 4.41. The highest BCUT2D eigenvalue weighted by Gasteiger charge is 2.16. The predicted molar refractivity (Wildman–Crippen MR) is 111 cm³/mol. The number of rotatable bonds is 7. The number of thiazole rings is 1. The second kappa shape index (κ2) is 8.26. The fraction of sp³-hybridized carbons (Fsp3) is 0.300. The van der Waals surface area contributed by atoms with E-state index in [1.165, 1.54) is 11.3 Å². The summed E-state index contributed by atoms with van der Waals surface area (Å²) in [6.45, 7) is 6.08. The standard InChI is InChI=1S/C20H23N3O3S/c1-5-23(6-2)14-9-7-13(8-10-14)19(24)22-20-21-17-15(25-3)11-12-16(26-4)18(17)27-20/h7-12H,5-6H2,1-4H3,(H,21,22,24). The van der Waals surface area contributed by atoms with Crippen LogP contribution in [-0.2, 0) is 0 Å². The molecular formula is C20H23N3O3S. The van der Waals surface area contributed by atoms with Crippen LogP contribution in [0.4, 0.5) is 10.8 Å². The molecule has 2 aromatic carbocycles. The van der Waals surface area contributed by atoms with E-state index in [0.717, 1.165) is 23.5 Å². The summed E-state index contributed by atoms with van der Waals surface area (Å²) in [4.78, 5) is 19.3. The molecule has 0 saturated heterocycles. The van der Waals surface area contributed by atoms with E-state index in [9.17, 15) is 4.79 Å². The molecule has 1 heterocycles. The molecule has 0 aliphatic heterocycles. The molecule has 3 aromatic rings. The number of nitrogens with one attached hydrogen (secondary N) is 1. The molecule has 0 aliphatic rings. The number of aromatic nitrogens is 1. The highest BCUT2D eigenvalue weighted by molar-refractivity contribution is 7.22. The zero-order chi connectivity index (χ0) is 19.4. The van der Waals surface area contributed by atoms with Gasteiger partial charge in [-0.05, 0) is 50.2 Å². The van der Waals surface area contributed by atoms with E-state index in [1.54, 1.807) is 20.3 Å². The van der Waals surface area contributed by atoms with Crippen molar-refractivity contribution in [3.8, 4) is 11.5 Å². The van der Waals surface area contributed by atoms with Crippen LogP contribution in [0.25, 0.3) is 10.2 Å². The number of ether oxygens (including phenoxy) is 2. The van der Waals surface area contributed by atoms with E-state index in [0.29, 0.717) is 27.7 Å². The summed E-state index contributed by atoms with van der Waals surface area (Å²) in [5.74, 6) is 1.15. The molecule has 6 nitrogen and oxygen atoms in total. The van der Waals surface area contributed by atoms with Crippen LogP contribution in [0.5, 0.6) is 11.5 Å². The van der Waals surface area contributed by atoms with Crippen LogP contribution in [0, 0.1) is 0 Å². The van der Waals surface area contributed by atoms with Crippen molar-refractivity contribution in [2.45, 2.75) is 13.8 Å². The van der Waals surface area contributed by atoms with Gasteiger partial charge >= 0.3 is 0 Å². The molecule has 0 saturated carbocycles. The van der Waals surface area contributed by atoms with Gasteiger partial charge in [0.2, 0.25) is 0 Å². The summed E-state index contributed by atoms with van der Waals surface area (Å²) in [7, 11) is 3.20. The van der Waals surface area contributed by atoms with E-state index in [1.807, 2.05) is 30.3 Å². The minimum atomic E-state index is -0.196. The highest BCUT2D eigenvalue weighted by atomic mass is 32.1. The third-order valence-electron chi connectivity index (χ3n) is 4.39. The zero-order valence-corrected chi connectivity index (χ0v) is 16.7. The number of anilines is 2. The van der Waals surface area contributed by atoms with Crippen LogP contribution in [-0.4, -0.2) is 38.2 Å². The largest absolute Gasteiger partial charge is 0.495 e. The zero-order valence-electron chi connectivity index (χ0n) is 15.9. The van der Waals surface area contributed by atoms with Gasteiger partial charge in [0.05, 0.1) is 14.2 Å². The summed E-state index contributed by atoms with van der Waals surface area (Å²) >= 11 is 1.36. The van der Waals surface area contributed by atoms with Gasteiger partial charge in [-0.3, -0.25) is 10.1 Å². The first-order chi connectivity index (χ1) is 13.1. The molecule has 0 fully saturated rings. The number of nitrogens with zero attached hydrogens (tertiary/aromatic N) is 2. The van der Waals surface area contributed by atoms with Gasteiger partial charge in [0.1, 0.15) is 21.7 Å². The normalized spacial score (nSPS) is 10.7. The Morgan fingerprint density at radius 1 is 1.04 bits per heavy atom. The van der Waals surface area contributed by atoms with Gasteiger partial charge in [-0.25, -0.2) is 4.98 Å². The number of carbonyl (C=O) groups excluding carboxylic acids is 1. The Bertz CT molecular complexity index is 893. The second-order valence-corrected chi connectivity index (χ2v) is 6.84. The first kappa shape index (κ1) is 19.0. The van der Waals surface area contributed by atoms with Crippen molar-refractivity contribution in [2.24, 2.45) is 0 Å². The number of carbonyl (C=O) groups is 1. The molecule has 0 bridgehead atoms. The van der Waals surface area contributed by atoms with Crippen molar-refractivity contribution in [3.05, 3.63) is 42.0 Å². The number of hydrogen-bond donors (Lipinski definition) is 1. The third kappa shape index (κ3) is 3.83. The maximum absolute atomic E-state index is 12.6. The van der Waals surface area contributed by atoms with E-state index in [2.05, 4.69) is 29.0 Å². The number of benzene rings is 2. The van der Waals surface area contributed by atoms with Gasteiger partial charge in [0.15, 0.2) is 5.13 Å². The molecule has 0 radical (unpaired) electrons. The van der Waals surface area contributed by atoms with Crippen molar-refractivity contribution in [1.82, 2.24) is 4.98 Å². The number of methoxy groups -OCH3 is 2. The van der Waals surface area contributed by atoms with Crippen LogP contribution >= 0.6 is 11.3 Å². The van der Waals surface area contributed by atoms with Crippen LogP contribution in [0.1, 0.15) is 24.2 Å². The van der Waals surface area contributed by atoms with E-state index < -0.39 is 0 Å². The highest BCUT2D eigenvalue weighted by Crippen LogP contribution is 2.38. The number of fused-ring (bicyclic) bond motifs is 1. The summed E-state index contributed by atoms with van der Waals surface area (Å²) < 4.78 is 11.6. The Morgan fingerprint density at radius 3 is 2.26 bits per heavy atom. The Morgan fingerprint density at radius 2 is 1.67 bits per heavy atom. The molecule has 142 valence electrons. The Labute approximate surface area is 162 Å². The van der Waals surface area contributed by atoms with E-state index in [4.69, 9.17) is 9.47 Å². The molecule has 7 heteroatoms. The van der Waals surface area contributed by atoms with Crippen molar-refractivity contribution >= 4 is 38.3 Å². The van der Waals surface area contributed by atoms with Gasteiger partial charge in [-0.2, -0.15) is 0 Å². The average Bonchev–Trinajstić information content (AvgIpc) is 3.12. The quantitative estimate of drug-likeness (QED) is 0.653. The first-order valence-corrected chi connectivity index (χ1v) is 9.60. The van der Waals surface area contributed by atoms with Crippen LogP contribution in [0.3, 0.4) is 0 Å². The molecular weight excluding hydrogens is 362 g/mol. The lowest BCUT2D eigenvalue weighted by atomic mass is 10.2. The molecule has 27 heavy (non-hydrogen) atoms. The minimum absolute atomic E-state index is 0.196. The van der Waals surface area contributed by atoms with Crippen LogP contribution in [0.15, 0.2) is 36.4 Å². The number of hydrogen-bond acceptors (Lipinski definition) is 6. The topological polar surface area (TPSA) is 63.7 Å². The Balaban J connectivity index is 1.83. The van der Waals surface area contributed by atoms with Crippen LogP contribution in [0.2, 0.25) is 0 Å². The van der Waals surface area contributed by atoms with Gasteiger partial charge in [0, 0.05) is 24.3 Å². The van der Waals surface area contributed by atoms with Crippen LogP contribution < -0.4 is 19.7 Å². The maximum atomic E-state index is 12.6. The first-order valence-electron chi connectivity index (χ1n) is 8.79. The molecule has 0 atom stereocenters. The molecule has 1 amide bonds.